The minimum atomic E-state index is -0.391. The van der Waals surface area contributed by atoms with Crippen molar-refractivity contribution < 1.29 is 9.90 Å². The molecule has 1 aromatic heterocycles. The van der Waals surface area contributed by atoms with Crippen LogP contribution in [-0.2, 0) is 6.54 Å². The zero-order valence-electron chi connectivity index (χ0n) is 14.8. The van der Waals surface area contributed by atoms with E-state index < -0.39 is 5.91 Å². The van der Waals surface area contributed by atoms with Crippen LogP contribution >= 0.6 is 23.2 Å². The van der Waals surface area contributed by atoms with Crippen molar-refractivity contribution in [1.82, 2.24) is 20.1 Å². The van der Waals surface area contributed by atoms with Crippen molar-refractivity contribution in [2.75, 3.05) is 0 Å². The number of aromatic nitrogens is 3. The molecule has 0 saturated carbocycles. The van der Waals surface area contributed by atoms with Crippen LogP contribution in [0.15, 0.2) is 42.7 Å². The second kappa shape index (κ2) is 7.98. The smallest absolute Gasteiger partial charge is 0.291 e. The third-order valence-corrected chi connectivity index (χ3v) is 4.64. The lowest BCUT2D eigenvalue weighted by Crippen LogP contribution is -2.24. The van der Waals surface area contributed by atoms with Gasteiger partial charge in [0.15, 0.2) is 5.75 Å². The molecule has 1 amide bonds. The zero-order valence-corrected chi connectivity index (χ0v) is 16.3. The van der Waals surface area contributed by atoms with E-state index in [0.717, 1.165) is 5.56 Å². The Bertz CT molecular complexity index is 945. The standard InChI is InChI=1S/C19H18Cl2N4O2/c1-11(2)13-5-3-12(4-6-13)9-22-19(27)18-23-10-25(24-18)14-7-15(20)17(26)16(21)8-14/h3-8,10-11,26H,9H2,1-2H3,(H,22,27). The van der Waals surface area contributed by atoms with Gasteiger partial charge in [-0.05, 0) is 29.2 Å². The number of phenolic OH excluding ortho intramolecular Hbond substituents is 1. The number of halogens is 2. The SMILES string of the molecule is CC(C)c1ccc(CNC(=O)c2ncn(-c3cc(Cl)c(O)c(Cl)c3)n2)cc1. The first kappa shape index (κ1) is 19.2. The van der Waals surface area contributed by atoms with Crippen LogP contribution in [0.1, 0.15) is 41.5 Å². The Hall–Kier alpha value is -2.57. The van der Waals surface area contributed by atoms with E-state index in [2.05, 4.69) is 41.4 Å². The van der Waals surface area contributed by atoms with Crippen molar-refractivity contribution in [2.45, 2.75) is 26.3 Å². The number of amides is 1. The van der Waals surface area contributed by atoms with Crippen LogP contribution < -0.4 is 5.32 Å². The van der Waals surface area contributed by atoms with E-state index in [1.165, 1.54) is 28.7 Å². The Labute approximate surface area is 166 Å². The number of benzene rings is 2. The average molecular weight is 405 g/mol. The number of hydrogen-bond donors (Lipinski definition) is 2. The third-order valence-electron chi connectivity index (χ3n) is 4.06. The van der Waals surface area contributed by atoms with Gasteiger partial charge in [0.25, 0.3) is 5.91 Å². The highest BCUT2D eigenvalue weighted by atomic mass is 35.5. The first-order valence-corrected chi connectivity index (χ1v) is 9.08. The van der Waals surface area contributed by atoms with Gasteiger partial charge in [0.05, 0.1) is 15.7 Å². The molecule has 8 heteroatoms. The molecule has 3 aromatic rings. The average Bonchev–Trinajstić information content (AvgIpc) is 3.14. The summed E-state index contributed by atoms with van der Waals surface area (Å²) in [6.45, 7) is 4.64. The van der Waals surface area contributed by atoms with E-state index in [1.807, 2.05) is 12.1 Å². The lowest BCUT2D eigenvalue weighted by Gasteiger charge is -2.07. The molecule has 2 N–H and O–H groups in total. The van der Waals surface area contributed by atoms with E-state index >= 15 is 0 Å². The quantitative estimate of drug-likeness (QED) is 0.662. The van der Waals surface area contributed by atoms with Gasteiger partial charge in [-0.25, -0.2) is 9.67 Å². The van der Waals surface area contributed by atoms with Gasteiger partial charge in [0.2, 0.25) is 5.82 Å². The summed E-state index contributed by atoms with van der Waals surface area (Å²) in [5.41, 5.74) is 2.72. The second-order valence-corrected chi connectivity index (χ2v) is 7.16. The van der Waals surface area contributed by atoms with Gasteiger partial charge in [0.1, 0.15) is 6.33 Å². The highest BCUT2D eigenvalue weighted by Crippen LogP contribution is 2.33. The van der Waals surface area contributed by atoms with Crippen LogP contribution in [0.2, 0.25) is 10.0 Å². The predicted molar refractivity (Wildman–Crippen MR) is 105 cm³/mol. The summed E-state index contributed by atoms with van der Waals surface area (Å²) in [5.74, 6) is -0.112. The summed E-state index contributed by atoms with van der Waals surface area (Å²) in [4.78, 5) is 16.3. The maximum atomic E-state index is 12.3. The van der Waals surface area contributed by atoms with Crippen LogP contribution in [0, 0.1) is 0 Å². The number of carbonyl (C=O) groups is 1. The van der Waals surface area contributed by atoms with Crippen molar-refractivity contribution in [1.29, 1.82) is 0 Å². The molecule has 6 nitrogen and oxygen atoms in total. The predicted octanol–water partition coefficient (Wildman–Crippen LogP) is 4.33. The second-order valence-electron chi connectivity index (χ2n) is 6.35. The highest BCUT2D eigenvalue weighted by molar-refractivity contribution is 6.37. The summed E-state index contributed by atoms with van der Waals surface area (Å²) >= 11 is 11.8. The van der Waals surface area contributed by atoms with E-state index in [4.69, 9.17) is 23.2 Å². The van der Waals surface area contributed by atoms with Gasteiger partial charge < -0.3 is 10.4 Å². The van der Waals surface area contributed by atoms with Gasteiger partial charge in [-0.1, -0.05) is 61.3 Å². The molecule has 0 aliphatic heterocycles. The lowest BCUT2D eigenvalue weighted by atomic mass is 10.0. The molecule has 0 aliphatic carbocycles. The van der Waals surface area contributed by atoms with E-state index in [-0.39, 0.29) is 21.6 Å². The highest BCUT2D eigenvalue weighted by Gasteiger charge is 2.14. The van der Waals surface area contributed by atoms with Crippen molar-refractivity contribution >= 4 is 29.1 Å². The molecule has 0 bridgehead atoms. The van der Waals surface area contributed by atoms with Gasteiger partial charge in [-0.15, -0.1) is 5.10 Å². The molecule has 0 saturated heterocycles. The van der Waals surface area contributed by atoms with E-state index in [1.54, 1.807) is 0 Å². The molecule has 27 heavy (non-hydrogen) atoms. The lowest BCUT2D eigenvalue weighted by molar-refractivity contribution is 0.0940. The maximum Gasteiger partial charge on any atom is 0.291 e. The number of carbonyl (C=O) groups excluding carboxylic acids is 1. The molecule has 2 aromatic carbocycles. The van der Waals surface area contributed by atoms with Gasteiger partial charge in [0, 0.05) is 6.54 Å². The summed E-state index contributed by atoms with van der Waals surface area (Å²) in [6, 6.07) is 11.0. The number of phenols is 1. The van der Waals surface area contributed by atoms with Crippen LogP contribution in [0.25, 0.3) is 5.69 Å². The summed E-state index contributed by atoms with van der Waals surface area (Å²) in [6.07, 6.45) is 1.38. The summed E-state index contributed by atoms with van der Waals surface area (Å²) < 4.78 is 1.36. The topological polar surface area (TPSA) is 80.0 Å². The molecule has 140 valence electrons. The van der Waals surface area contributed by atoms with Crippen LogP contribution in [0.3, 0.4) is 0 Å². The van der Waals surface area contributed by atoms with Crippen LogP contribution in [-0.4, -0.2) is 25.8 Å². The molecular weight excluding hydrogens is 387 g/mol. The van der Waals surface area contributed by atoms with Crippen molar-refractivity contribution in [3.05, 3.63) is 69.7 Å². The van der Waals surface area contributed by atoms with Crippen molar-refractivity contribution in [2.24, 2.45) is 0 Å². The minimum absolute atomic E-state index is 0.0223. The van der Waals surface area contributed by atoms with Gasteiger partial charge >= 0.3 is 0 Å². The Morgan fingerprint density at radius 1 is 1.19 bits per heavy atom. The number of nitrogens with one attached hydrogen (secondary N) is 1. The zero-order chi connectivity index (χ0) is 19.6. The van der Waals surface area contributed by atoms with Crippen LogP contribution in [0.5, 0.6) is 5.75 Å². The third kappa shape index (κ3) is 4.40. The first-order chi connectivity index (χ1) is 12.8. The Morgan fingerprint density at radius 3 is 2.41 bits per heavy atom. The molecule has 0 atom stereocenters. The normalized spacial score (nSPS) is 11.0. The fourth-order valence-electron chi connectivity index (χ4n) is 2.46. The molecule has 0 fully saturated rings. The summed E-state index contributed by atoms with van der Waals surface area (Å²) in [5, 5.41) is 16.7. The molecule has 3 rings (SSSR count). The Kier molecular flexibility index (Phi) is 5.68. The van der Waals surface area contributed by atoms with Crippen molar-refractivity contribution in [3.63, 3.8) is 0 Å². The molecule has 1 heterocycles. The molecule has 0 unspecified atom stereocenters. The fraction of sp³-hybridized carbons (Fsp3) is 0.211. The minimum Gasteiger partial charge on any atom is -0.505 e. The fourth-order valence-corrected chi connectivity index (χ4v) is 2.93. The number of hydrogen-bond acceptors (Lipinski definition) is 4. The first-order valence-electron chi connectivity index (χ1n) is 8.32. The molecule has 0 radical (unpaired) electrons. The van der Waals surface area contributed by atoms with Gasteiger partial charge in [-0.2, -0.15) is 0 Å². The monoisotopic (exact) mass is 404 g/mol. The number of rotatable bonds is 5. The molecular formula is C19H18Cl2N4O2. The van der Waals surface area contributed by atoms with Crippen LogP contribution in [0.4, 0.5) is 0 Å². The Morgan fingerprint density at radius 2 is 1.81 bits per heavy atom. The maximum absolute atomic E-state index is 12.3. The summed E-state index contributed by atoms with van der Waals surface area (Å²) in [7, 11) is 0. The largest absolute Gasteiger partial charge is 0.505 e. The Balaban J connectivity index is 1.68. The van der Waals surface area contributed by atoms with Crippen molar-refractivity contribution in [3.8, 4) is 11.4 Å². The van der Waals surface area contributed by atoms with Gasteiger partial charge in [-0.3, -0.25) is 4.79 Å². The number of nitrogens with zero attached hydrogens (tertiary/aromatic N) is 3. The molecule has 0 spiro atoms. The molecule has 0 aliphatic rings. The van der Waals surface area contributed by atoms with E-state index in [0.29, 0.717) is 18.2 Å². The van der Waals surface area contributed by atoms with E-state index in [9.17, 15) is 9.90 Å². The number of aromatic hydroxyl groups is 1.